The quantitative estimate of drug-likeness (QED) is 0.567. The molecule has 0 rings (SSSR count). The van der Waals surface area contributed by atoms with Crippen LogP contribution in [0.1, 0.15) is 65.2 Å². The van der Waals surface area contributed by atoms with E-state index >= 15 is 0 Å². The summed E-state index contributed by atoms with van der Waals surface area (Å²) < 4.78 is 0. The SMILES string of the molecule is CC(O)CCCCCCCCC(C)C(=O)O. The first kappa shape index (κ1) is 15.4. The van der Waals surface area contributed by atoms with Crippen LogP contribution >= 0.6 is 0 Å². The van der Waals surface area contributed by atoms with Gasteiger partial charge in [0.1, 0.15) is 0 Å². The van der Waals surface area contributed by atoms with Gasteiger partial charge < -0.3 is 10.2 Å². The second-order valence-corrected chi connectivity index (χ2v) is 4.79. The zero-order chi connectivity index (χ0) is 12.4. The Hall–Kier alpha value is -0.570. The Morgan fingerprint density at radius 3 is 1.81 bits per heavy atom. The van der Waals surface area contributed by atoms with E-state index in [1.807, 2.05) is 6.92 Å². The maximum absolute atomic E-state index is 10.5. The maximum atomic E-state index is 10.5. The van der Waals surface area contributed by atoms with Gasteiger partial charge >= 0.3 is 5.97 Å². The molecule has 2 unspecified atom stereocenters. The van der Waals surface area contributed by atoms with E-state index in [9.17, 15) is 4.79 Å². The van der Waals surface area contributed by atoms with E-state index in [0.29, 0.717) is 0 Å². The van der Waals surface area contributed by atoms with Gasteiger partial charge in [0.05, 0.1) is 12.0 Å². The average molecular weight is 230 g/mol. The Balaban J connectivity index is 3.13. The molecule has 0 heterocycles. The molecule has 0 saturated carbocycles. The predicted octanol–water partition coefficient (Wildman–Crippen LogP) is 3.21. The fourth-order valence-corrected chi connectivity index (χ4v) is 1.72. The van der Waals surface area contributed by atoms with Crippen molar-refractivity contribution in [2.75, 3.05) is 0 Å². The van der Waals surface area contributed by atoms with Gasteiger partial charge in [-0.25, -0.2) is 0 Å². The Kier molecular flexibility index (Phi) is 9.30. The molecule has 16 heavy (non-hydrogen) atoms. The molecule has 2 N–H and O–H groups in total. The molecule has 3 heteroatoms. The van der Waals surface area contributed by atoms with Gasteiger partial charge in [0.25, 0.3) is 0 Å². The number of hydrogen-bond acceptors (Lipinski definition) is 2. The number of aliphatic carboxylic acids is 1. The minimum absolute atomic E-state index is 0.170. The summed E-state index contributed by atoms with van der Waals surface area (Å²) in [5.74, 6) is -0.882. The van der Waals surface area contributed by atoms with Crippen LogP contribution in [-0.2, 0) is 4.79 Å². The van der Waals surface area contributed by atoms with Crippen LogP contribution in [0.25, 0.3) is 0 Å². The predicted molar refractivity (Wildman–Crippen MR) is 65.4 cm³/mol. The zero-order valence-electron chi connectivity index (χ0n) is 10.6. The van der Waals surface area contributed by atoms with E-state index in [4.69, 9.17) is 10.2 Å². The molecule has 3 nitrogen and oxygen atoms in total. The van der Waals surface area contributed by atoms with Crippen LogP contribution in [-0.4, -0.2) is 22.3 Å². The van der Waals surface area contributed by atoms with E-state index < -0.39 is 5.97 Å². The van der Waals surface area contributed by atoms with Crippen LogP contribution in [0.2, 0.25) is 0 Å². The van der Waals surface area contributed by atoms with Crippen LogP contribution < -0.4 is 0 Å². The summed E-state index contributed by atoms with van der Waals surface area (Å²) in [6.45, 7) is 3.60. The Morgan fingerprint density at radius 2 is 1.38 bits per heavy atom. The first-order chi connectivity index (χ1) is 7.54. The second kappa shape index (κ2) is 9.64. The van der Waals surface area contributed by atoms with Crippen molar-refractivity contribution < 1.29 is 15.0 Å². The number of aliphatic hydroxyl groups excluding tert-OH is 1. The first-order valence-corrected chi connectivity index (χ1v) is 6.45. The largest absolute Gasteiger partial charge is 0.481 e. The number of aliphatic hydroxyl groups is 1. The van der Waals surface area contributed by atoms with Crippen LogP contribution in [0.5, 0.6) is 0 Å². The molecule has 0 aliphatic carbocycles. The van der Waals surface area contributed by atoms with E-state index in [0.717, 1.165) is 32.1 Å². The lowest BCUT2D eigenvalue weighted by Crippen LogP contribution is -2.08. The molecule has 0 aliphatic rings. The molecule has 0 spiro atoms. The third-order valence-electron chi connectivity index (χ3n) is 2.93. The van der Waals surface area contributed by atoms with E-state index in [-0.39, 0.29) is 12.0 Å². The molecule has 0 aromatic rings. The molecular weight excluding hydrogens is 204 g/mol. The Morgan fingerprint density at radius 1 is 0.938 bits per heavy atom. The smallest absolute Gasteiger partial charge is 0.306 e. The van der Waals surface area contributed by atoms with E-state index in [1.165, 1.54) is 19.3 Å². The summed E-state index contributed by atoms with van der Waals surface area (Å²) in [6, 6.07) is 0. The third kappa shape index (κ3) is 9.97. The molecule has 2 atom stereocenters. The number of unbranched alkanes of at least 4 members (excludes halogenated alkanes) is 5. The third-order valence-corrected chi connectivity index (χ3v) is 2.93. The number of rotatable bonds is 10. The molecule has 0 bridgehead atoms. The standard InChI is InChI=1S/C13H26O3/c1-11(13(15)16)9-7-5-3-4-6-8-10-12(2)14/h11-12,14H,3-10H2,1-2H3,(H,15,16). The molecule has 0 fully saturated rings. The van der Waals surface area contributed by atoms with Crippen molar-refractivity contribution in [2.24, 2.45) is 5.92 Å². The highest BCUT2D eigenvalue weighted by molar-refractivity contribution is 5.69. The Labute approximate surface area is 98.9 Å². The molecule has 0 amide bonds. The zero-order valence-corrected chi connectivity index (χ0v) is 10.6. The number of carboxylic acids is 1. The lowest BCUT2D eigenvalue weighted by atomic mass is 10.0. The molecule has 96 valence electrons. The van der Waals surface area contributed by atoms with Gasteiger partial charge in [-0.15, -0.1) is 0 Å². The lowest BCUT2D eigenvalue weighted by Gasteiger charge is -2.06. The first-order valence-electron chi connectivity index (χ1n) is 6.45. The molecule has 0 aliphatic heterocycles. The summed E-state index contributed by atoms with van der Waals surface area (Å²) in [4.78, 5) is 10.5. The van der Waals surface area contributed by atoms with Crippen molar-refractivity contribution >= 4 is 5.97 Å². The minimum Gasteiger partial charge on any atom is -0.481 e. The van der Waals surface area contributed by atoms with Gasteiger partial charge in [-0.2, -0.15) is 0 Å². The van der Waals surface area contributed by atoms with Crippen molar-refractivity contribution in [2.45, 2.75) is 71.3 Å². The van der Waals surface area contributed by atoms with E-state index in [1.54, 1.807) is 6.92 Å². The van der Waals surface area contributed by atoms with Gasteiger partial charge in [-0.3, -0.25) is 4.79 Å². The fraction of sp³-hybridized carbons (Fsp3) is 0.923. The summed E-state index contributed by atoms with van der Waals surface area (Å²) in [6.07, 6.45) is 8.34. The normalized spacial score (nSPS) is 14.7. The second-order valence-electron chi connectivity index (χ2n) is 4.79. The van der Waals surface area contributed by atoms with Crippen LogP contribution in [0, 0.1) is 5.92 Å². The summed E-state index contributed by atoms with van der Waals surface area (Å²) in [5, 5.41) is 17.7. The highest BCUT2D eigenvalue weighted by atomic mass is 16.4. The number of carbonyl (C=O) groups is 1. The lowest BCUT2D eigenvalue weighted by molar-refractivity contribution is -0.141. The monoisotopic (exact) mass is 230 g/mol. The van der Waals surface area contributed by atoms with Crippen LogP contribution in [0.4, 0.5) is 0 Å². The molecule has 0 saturated heterocycles. The van der Waals surface area contributed by atoms with Gasteiger partial charge in [-0.05, 0) is 19.8 Å². The summed E-state index contributed by atoms with van der Waals surface area (Å²) in [5.41, 5.74) is 0. The molecule has 0 radical (unpaired) electrons. The van der Waals surface area contributed by atoms with Crippen molar-refractivity contribution in [3.63, 3.8) is 0 Å². The topological polar surface area (TPSA) is 57.5 Å². The highest BCUT2D eigenvalue weighted by Gasteiger charge is 2.09. The van der Waals surface area contributed by atoms with Crippen LogP contribution in [0.3, 0.4) is 0 Å². The van der Waals surface area contributed by atoms with Crippen molar-refractivity contribution in [1.82, 2.24) is 0 Å². The van der Waals surface area contributed by atoms with Crippen molar-refractivity contribution in [3.05, 3.63) is 0 Å². The summed E-state index contributed by atoms with van der Waals surface area (Å²) in [7, 11) is 0. The minimum atomic E-state index is -0.683. The van der Waals surface area contributed by atoms with Gasteiger partial charge in [-0.1, -0.05) is 45.4 Å². The van der Waals surface area contributed by atoms with E-state index in [2.05, 4.69) is 0 Å². The van der Waals surface area contributed by atoms with Gasteiger partial charge in [0.15, 0.2) is 0 Å². The number of carboxylic acid groups (broad SMARTS) is 1. The van der Waals surface area contributed by atoms with Crippen molar-refractivity contribution in [1.29, 1.82) is 0 Å². The Bertz CT molecular complexity index is 178. The maximum Gasteiger partial charge on any atom is 0.306 e. The van der Waals surface area contributed by atoms with Gasteiger partial charge in [0, 0.05) is 0 Å². The molecule has 0 aromatic carbocycles. The number of hydrogen-bond donors (Lipinski definition) is 2. The average Bonchev–Trinajstić information content (AvgIpc) is 2.21. The highest BCUT2D eigenvalue weighted by Crippen LogP contribution is 2.13. The molecule has 0 aromatic heterocycles. The summed E-state index contributed by atoms with van der Waals surface area (Å²) >= 11 is 0. The molecular formula is C13H26O3. The van der Waals surface area contributed by atoms with Crippen molar-refractivity contribution in [3.8, 4) is 0 Å². The van der Waals surface area contributed by atoms with Crippen LogP contribution in [0.15, 0.2) is 0 Å². The van der Waals surface area contributed by atoms with Gasteiger partial charge in [0.2, 0.25) is 0 Å². The fourth-order valence-electron chi connectivity index (χ4n) is 1.72.